The minimum absolute atomic E-state index is 0.0119. The SMILES string of the molecule is O=C1C(OC(=O)c2ccccc2)=C(OC(=O)c2ccccc2)C(=O)C(OC(=O)c2ccccc2)=C1OC(=O)c1ccccc1. The van der Waals surface area contributed by atoms with E-state index in [9.17, 15) is 28.8 Å². The van der Waals surface area contributed by atoms with Gasteiger partial charge in [0.2, 0.25) is 23.0 Å². The number of carbonyl (C=O) groups excluding carboxylic acids is 6. The normalized spacial score (nSPS) is 12.8. The molecule has 0 aromatic heterocycles. The van der Waals surface area contributed by atoms with Crippen LogP contribution in [0.15, 0.2) is 144 Å². The largest absolute Gasteiger partial charge is 0.414 e. The van der Waals surface area contributed by atoms with Gasteiger partial charge in [-0.1, -0.05) is 72.8 Å². The van der Waals surface area contributed by atoms with Gasteiger partial charge in [0.15, 0.2) is 0 Å². The van der Waals surface area contributed by atoms with E-state index in [0.29, 0.717) is 0 Å². The van der Waals surface area contributed by atoms with Crippen LogP contribution in [0.25, 0.3) is 0 Å². The first-order valence-corrected chi connectivity index (χ1v) is 13.0. The van der Waals surface area contributed by atoms with Gasteiger partial charge in [0.05, 0.1) is 22.3 Å². The van der Waals surface area contributed by atoms with E-state index in [1.807, 2.05) is 0 Å². The summed E-state index contributed by atoms with van der Waals surface area (Å²) in [4.78, 5) is 79.7. The van der Waals surface area contributed by atoms with E-state index < -0.39 is 58.5 Å². The van der Waals surface area contributed by atoms with Crippen molar-refractivity contribution < 1.29 is 47.7 Å². The molecule has 44 heavy (non-hydrogen) atoms. The number of ketones is 2. The summed E-state index contributed by atoms with van der Waals surface area (Å²) >= 11 is 0. The minimum Gasteiger partial charge on any atom is -0.414 e. The van der Waals surface area contributed by atoms with Gasteiger partial charge in [0.25, 0.3) is 11.6 Å². The van der Waals surface area contributed by atoms with Crippen LogP contribution in [-0.4, -0.2) is 35.4 Å². The smallest absolute Gasteiger partial charge is 0.343 e. The molecule has 216 valence electrons. The summed E-state index contributed by atoms with van der Waals surface area (Å²) in [6, 6.07) is 29.8. The number of esters is 4. The molecule has 0 amide bonds. The van der Waals surface area contributed by atoms with Crippen LogP contribution in [0.2, 0.25) is 0 Å². The van der Waals surface area contributed by atoms with E-state index in [1.165, 1.54) is 97.1 Å². The fourth-order valence-electron chi connectivity index (χ4n) is 3.89. The van der Waals surface area contributed by atoms with Gasteiger partial charge in [-0.25, -0.2) is 19.2 Å². The first kappa shape index (κ1) is 29.1. The van der Waals surface area contributed by atoms with Gasteiger partial charge in [-0.05, 0) is 48.5 Å². The number of carbonyl (C=O) groups is 6. The predicted octanol–water partition coefficient (Wildman–Crippen LogP) is 4.99. The summed E-state index contributed by atoms with van der Waals surface area (Å²) < 4.78 is 21.2. The summed E-state index contributed by atoms with van der Waals surface area (Å²) in [5, 5.41) is 0. The van der Waals surface area contributed by atoms with Crippen LogP contribution in [0.4, 0.5) is 0 Å². The Labute approximate surface area is 249 Å². The van der Waals surface area contributed by atoms with E-state index in [-0.39, 0.29) is 22.3 Å². The highest BCUT2D eigenvalue weighted by molar-refractivity contribution is 6.24. The number of rotatable bonds is 8. The van der Waals surface area contributed by atoms with Crippen LogP contribution < -0.4 is 0 Å². The van der Waals surface area contributed by atoms with Crippen LogP contribution in [0, 0.1) is 0 Å². The molecule has 5 rings (SSSR count). The number of ether oxygens (including phenoxy) is 4. The molecule has 0 unspecified atom stereocenters. The quantitative estimate of drug-likeness (QED) is 0.157. The number of hydrogen-bond acceptors (Lipinski definition) is 10. The zero-order valence-electron chi connectivity index (χ0n) is 22.6. The van der Waals surface area contributed by atoms with Crippen molar-refractivity contribution in [2.75, 3.05) is 0 Å². The van der Waals surface area contributed by atoms with E-state index in [0.717, 1.165) is 0 Å². The molecule has 1 aliphatic rings. The molecule has 0 heterocycles. The maximum atomic E-state index is 13.9. The number of Topliss-reactive ketones (excluding diaryl/α,β-unsaturated/α-hetero) is 2. The van der Waals surface area contributed by atoms with Gasteiger partial charge in [0, 0.05) is 0 Å². The van der Waals surface area contributed by atoms with Crippen LogP contribution in [0.5, 0.6) is 0 Å². The second-order valence-corrected chi connectivity index (χ2v) is 9.00. The number of hydrogen-bond donors (Lipinski definition) is 0. The lowest BCUT2D eigenvalue weighted by Gasteiger charge is -2.21. The Morgan fingerprint density at radius 1 is 0.318 bits per heavy atom. The van der Waals surface area contributed by atoms with Gasteiger partial charge in [0.1, 0.15) is 0 Å². The average Bonchev–Trinajstić information content (AvgIpc) is 3.07. The van der Waals surface area contributed by atoms with Crippen molar-refractivity contribution in [3.05, 3.63) is 167 Å². The van der Waals surface area contributed by atoms with Crippen molar-refractivity contribution in [1.82, 2.24) is 0 Å². The Morgan fingerprint density at radius 3 is 0.682 bits per heavy atom. The first-order chi connectivity index (χ1) is 21.3. The van der Waals surface area contributed by atoms with Crippen molar-refractivity contribution >= 4 is 35.4 Å². The molecule has 0 aliphatic heterocycles. The monoisotopic (exact) mass is 588 g/mol. The van der Waals surface area contributed by atoms with Crippen LogP contribution in [0.1, 0.15) is 41.4 Å². The summed E-state index contributed by atoms with van der Waals surface area (Å²) in [6.45, 7) is 0. The third-order valence-corrected chi connectivity index (χ3v) is 6.05. The fraction of sp³-hybridized carbons (Fsp3) is 0. The fourth-order valence-corrected chi connectivity index (χ4v) is 3.89. The van der Waals surface area contributed by atoms with Crippen molar-refractivity contribution in [1.29, 1.82) is 0 Å². The molecule has 0 saturated heterocycles. The molecule has 0 spiro atoms. The van der Waals surface area contributed by atoms with E-state index in [4.69, 9.17) is 18.9 Å². The second-order valence-electron chi connectivity index (χ2n) is 9.00. The topological polar surface area (TPSA) is 139 Å². The summed E-state index contributed by atoms with van der Waals surface area (Å²) in [5.74, 6) is -11.3. The van der Waals surface area contributed by atoms with Crippen molar-refractivity contribution in [2.24, 2.45) is 0 Å². The molecule has 0 atom stereocenters. The molecule has 0 fully saturated rings. The molecule has 0 N–H and O–H groups in total. The molecule has 0 radical (unpaired) electrons. The number of benzene rings is 4. The molecule has 4 aromatic carbocycles. The van der Waals surface area contributed by atoms with E-state index in [1.54, 1.807) is 24.3 Å². The van der Waals surface area contributed by atoms with E-state index in [2.05, 4.69) is 0 Å². The highest BCUT2D eigenvalue weighted by Crippen LogP contribution is 2.31. The highest BCUT2D eigenvalue weighted by Gasteiger charge is 2.44. The lowest BCUT2D eigenvalue weighted by molar-refractivity contribution is -0.124. The third kappa shape index (κ3) is 6.39. The Balaban J connectivity index is 1.60. The van der Waals surface area contributed by atoms with Gasteiger partial charge < -0.3 is 18.9 Å². The van der Waals surface area contributed by atoms with Gasteiger partial charge in [-0.2, -0.15) is 0 Å². The summed E-state index contributed by atoms with van der Waals surface area (Å²) in [7, 11) is 0. The minimum atomic E-state index is -1.37. The van der Waals surface area contributed by atoms with Crippen LogP contribution in [0.3, 0.4) is 0 Å². The van der Waals surface area contributed by atoms with Crippen LogP contribution >= 0.6 is 0 Å². The molecular weight excluding hydrogens is 568 g/mol. The van der Waals surface area contributed by atoms with Gasteiger partial charge >= 0.3 is 23.9 Å². The maximum absolute atomic E-state index is 13.9. The Bertz CT molecular complexity index is 1560. The molecule has 10 heteroatoms. The lowest BCUT2D eigenvalue weighted by atomic mass is 10.0. The molecule has 0 bridgehead atoms. The molecule has 10 nitrogen and oxygen atoms in total. The maximum Gasteiger partial charge on any atom is 0.343 e. The molecule has 4 aromatic rings. The highest BCUT2D eigenvalue weighted by atomic mass is 16.6. The standard InChI is InChI=1S/C34H20O10/c35-25-27(41-31(37)21-13-5-1-6-14-21)28(42-32(38)22-15-7-2-8-16-22)26(36)30(44-34(40)24-19-11-4-12-20-24)29(25)43-33(39)23-17-9-3-10-18-23/h1-20H. The molecule has 0 saturated carbocycles. The molecule has 1 aliphatic carbocycles. The Kier molecular flexibility index (Phi) is 8.62. The summed E-state index contributed by atoms with van der Waals surface area (Å²) in [6.07, 6.45) is 0. The van der Waals surface area contributed by atoms with Crippen molar-refractivity contribution in [3.8, 4) is 0 Å². The Hall–Kier alpha value is -6.42. The molecular formula is C34H20O10. The van der Waals surface area contributed by atoms with Gasteiger partial charge in [-0.15, -0.1) is 0 Å². The first-order valence-electron chi connectivity index (χ1n) is 13.0. The lowest BCUT2D eigenvalue weighted by Crippen LogP contribution is -2.32. The zero-order valence-corrected chi connectivity index (χ0v) is 22.6. The van der Waals surface area contributed by atoms with Gasteiger partial charge in [-0.3, -0.25) is 9.59 Å². The van der Waals surface area contributed by atoms with Crippen molar-refractivity contribution in [3.63, 3.8) is 0 Å². The average molecular weight is 589 g/mol. The second kappa shape index (κ2) is 13.0. The zero-order chi connectivity index (χ0) is 31.1. The third-order valence-electron chi connectivity index (χ3n) is 6.05. The predicted molar refractivity (Wildman–Crippen MR) is 151 cm³/mol. The van der Waals surface area contributed by atoms with E-state index >= 15 is 0 Å². The van der Waals surface area contributed by atoms with Crippen molar-refractivity contribution in [2.45, 2.75) is 0 Å². The Morgan fingerprint density at radius 2 is 0.500 bits per heavy atom. The van der Waals surface area contributed by atoms with Crippen LogP contribution in [-0.2, 0) is 28.5 Å². The summed E-state index contributed by atoms with van der Waals surface area (Å²) in [5.41, 5.74) is -0.0478.